The fraction of sp³-hybridized carbons (Fsp3) is 1.00. The molecule has 9 heavy (non-hydrogen) atoms. The Morgan fingerprint density at radius 3 is 0.889 bits per heavy atom. The molecule has 0 bridgehead atoms. The van der Waals surface area contributed by atoms with Crippen LogP contribution in [0.25, 0.3) is 0 Å². The molecule has 54 valence electrons. The van der Waals surface area contributed by atoms with Crippen LogP contribution >= 0.6 is 0 Å². The van der Waals surface area contributed by atoms with E-state index < -0.39 is 10.5 Å². The van der Waals surface area contributed by atoms with Gasteiger partial charge in [-0.25, -0.2) is 0 Å². The SMILES string of the molecule is C[Si](C)(C)[Hf][Si](C)(C)C. The van der Waals surface area contributed by atoms with E-state index in [1.54, 1.807) is 0 Å². The zero-order valence-corrected chi connectivity index (χ0v) is 13.1. The van der Waals surface area contributed by atoms with Gasteiger partial charge < -0.3 is 0 Å². The average molecular weight is 325 g/mol. The van der Waals surface area contributed by atoms with E-state index in [0.29, 0.717) is 0 Å². The Morgan fingerprint density at radius 1 is 0.667 bits per heavy atom. The molecule has 0 aliphatic carbocycles. The Labute approximate surface area is 70.8 Å². The summed E-state index contributed by atoms with van der Waals surface area (Å²) in [5.41, 5.74) is 0. The zero-order valence-electron chi connectivity index (χ0n) is 7.50. The normalized spacial score (nSPS) is 13.6. The minimum atomic E-state index is -0.536. The fourth-order valence-electron chi connectivity index (χ4n) is 1.12. The van der Waals surface area contributed by atoms with Crippen LogP contribution in [0.1, 0.15) is 0 Å². The van der Waals surface area contributed by atoms with Crippen molar-refractivity contribution in [2.24, 2.45) is 0 Å². The molecule has 0 atom stereocenters. The van der Waals surface area contributed by atoms with Crippen LogP contribution in [0.5, 0.6) is 0 Å². The molecule has 0 aromatic carbocycles. The van der Waals surface area contributed by atoms with Gasteiger partial charge in [-0.3, -0.25) is 0 Å². The van der Waals surface area contributed by atoms with Crippen LogP contribution in [-0.4, -0.2) is 10.5 Å². The molecular formula is C6H18HfSi2. The Kier molecular flexibility index (Phi) is 3.59. The van der Waals surface area contributed by atoms with E-state index in [9.17, 15) is 0 Å². The minimum absolute atomic E-state index is 0.116. The molecule has 0 aliphatic heterocycles. The summed E-state index contributed by atoms with van der Waals surface area (Å²) in [6, 6.07) is 0. The zero-order chi connectivity index (χ0) is 7.71. The van der Waals surface area contributed by atoms with Gasteiger partial charge in [0, 0.05) is 0 Å². The molecule has 0 unspecified atom stereocenters. The van der Waals surface area contributed by atoms with Gasteiger partial charge in [0.2, 0.25) is 0 Å². The van der Waals surface area contributed by atoms with Crippen LogP contribution in [0.3, 0.4) is 0 Å². The summed E-state index contributed by atoms with van der Waals surface area (Å²) in [4.78, 5) is 0. The standard InChI is InChI=1S/2C3H9Si.Hf/c2*1-4(2)3;/h2*1-3H3;. The van der Waals surface area contributed by atoms with E-state index >= 15 is 0 Å². The van der Waals surface area contributed by atoms with E-state index in [1.807, 2.05) is 0 Å². The molecule has 0 aromatic rings. The second kappa shape index (κ2) is 3.14. The molecule has 3 heteroatoms. The van der Waals surface area contributed by atoms with Crippen molar-refractivity contribution in [2.45, 2.75) is 39.3 Å². The second-order valence-electron chi connectivity index (χ2n) is 4.62. The molecule has 0 amide bonds. The number of rotatable bonds is 2. The topological polar surface area (TPSA) is 0 Å². The van der Waals surface area contributed by atoms with Gasteiger partial charge in [0.25, 0.3) is 0 Å². The number of hydrogen-bond acceptors (Lipinski definition) is 0. The Balaban J connectivity index is 3.75. The van der Waals surface area contributed by atoms with Gasteiger partial charge in [0.05, 0.1) is 0 Å². The maximum atomic E-state index is 2.55. The third-order valence-corrected chi connectivity index (χ3v) is 55.3. The van der Waals surface area contributed by atoms with Gasteiger partial charge in [-0.05, 0) is 0 Å². The molecule has 0 fully saturated rings. The Bertz CT molecular complexity index is 76.2. The molecule has 0 aromatic heterocycles. The van der Waals surface area contributed by atoms with E-state index in [0.717, 1.165) is 0 Å². The van der Waals surface area contributed by atoms with Crippen molar-refractivity contribution in [2.75, 3.05) is 0 Å². The molecule has 0 saturated carbocycles. The summed E-state index contributed by atoms with van der Waals surface area (Å²) < 4.78 is 0. The molecule has 0 saturated heterocycles. The average Bonchev–Trinajstić information content (AvgIpc) is 1.14. The summed E-state index contributed by atoms with van der Waals surface area (Å²) in [7, 11) is 0. The van der Waals surface area contributed by atoms with E-state index in [-0.39, 0.29) is 21.2 Å². The van der Waals surface area contributed by atoms with Crippen LogP contribution in [0, 0.1) is 0 Å². The summed E-state index contributed by atoms with van der Waals surface area (Å²) in [5.74, 6) is 0. The predicted molar refractivity (Wildman–Crippen MR) is 46.7 cm³/mol. The van der Waals surface area contributed by atoms with Crippen molar-refractivity contribution in [3.8, 4) is 0 Å². The van der Waals surface area contributed by atoms with Crippen molar-refractivity contribution >= 4 is 10.5 Å². The van der Waals surface area contributed by atoms with Gasteiger partial charge in [0.1, 0.15) is 0 Å². The molecule has 0 heterocycles. The first-order valence-electron chi connectivity index (χ1n) is 3.50. The first-order valence-corrected chi connectivity index (χ1v) is 21.3. The van der Waals surface area contributed by atoms with E-state index in [2.05, 4.69) is 39.3 Å². The summed E-state index contributed by atoms with van der Waals surface area (Å²) in [6.45, 7) is 15.3. The van der Waals surface area contributed by atoms with E-state index in [1.165, 1.54) is 0 Å². The van der Waals surface area contributed by atoms with Crippen molar-refractivity contribution in [3.05, 3.63) is 0 Å². The monoisotopic (exact) mass is 326 g/mol. The third kappa shape index (κ3) is 9.30. The number of hydrogen-bond donors (Lipinski definition) is 0. The van der Waals surface area contributed by atoms with Gasteiger partial charge in [0.15, 0.2) is 0 Å². The third-order valence-electron chi connectivity index (χ3n) is 0.750. The van der Waals surface area contributed by atoms with Crippen molar-refractivity contribution in [3.63, 3.8) is 0 Å². The Morgan fingerprint density at radius 2 is 0.889 bits per heavy atom. The summed E-state index contributed by atoms with van der Waals surface area (Å²) in [5, 5.41) is -1.07. The predicted octanol–water partition coefficient (Wildman–Crippen LogP) is 2.74. The van der Waals surface area contributed by atoms with Crippen molar-refractivity contribution in [1.82, 2.24) is 0 Å². The molecule has 0 radical (unpaired) electrons. The quantitative estimate of drug-likeness (QED) is 0.685. The molecule has 0 spiro atoms. The second-order valence-corrected chi connectivity index (χ2v) is 55.0. The van der Waals surface area contributed by atoms with Crippen LogP contribution in [-0.2, 0) is 21.2 Å². The maximum absolute atomic E-state index is 2.55. The fourth-order valence-corrected chi connectivity index (χ4v) is 82.9. The Hall–Kier alpha value is 1.30. The van der Waals surface area contributed by atoms with Crippen molar-refractivity contribution in [1.29, 1.82) is 0 Å². The molecule has 0 N–H and O–H groups in total. The molecule has 0 nitrogen and oxygen atoms in total. The first-order chi connectivity index (χ1) is 3.71. The molecule has 0 rings (SSSR count). The summed E-state index contributed by atoms with van der Waals surface area (Å²) in [6.07, 6.45) is 0. The first kappa shape index (κ1) is 10.3. The molecule has 0 aliphatic rings. The van der Waals surface area contributed by atoms with E-state index in [4.69, 9.17) is 0 Å². The van der Waals surface area contributed by atoms with Gasteiger partial charge in [-0.15, -0.1) is 0 Å². The van der Waals surface area contributed by atoms with Crippen LogP contribution in [0.15, 0.2) is 0 Å². The van der Waals surface area contributed by atoms with Gasteiger partial charge in [-0.2, -0.15) is 0 Å². The van der Waals surface area contributed by atoms with Crippen LogP contribution < -0.4 is 0 Å². The van der Waals surface area contributed by atoms with Gasteiger partial charge >= 0.3 is 71.0 Å². The van der Waals surface area contributed by atoms with Crippen LogP contribution in [0.4, 0.5) is 0 Å². The summed E-state index contributed by atoms with van der Waals surface area (Å²) >= 11 is -0.116. The van der Waals surface area contributed by atoms with Crippen LogP contribution in [0.2, 0.25) is 39.3 Å². The molecular weight excluding hydrogens is 307 g/mol. The van der Waals surface area contributed by atoms with Gasteiger partial charge in [-0.1, -0.05) is 0 Å². The van der Waals surface area contributed by atoms with Crippen molar-refractivity contribution < 1.29 is 21.2 Å².